The molecule has 1 aliphatic rings. The summed E-state index contributed by atoms with van der Waals surface area (Å²) >= 11 is 0. The van der Waals surface area contributed by atoms with Gasteiger partial charge in [0.15, 0.2) is 0 Å². The Labute approximate surface area is 118 Å². The van der Waals surface area contributed by atoms with Gasteiger partial charge in [-0.1, -0.05) is 6.92 Å². The Kier molecular flexibility index (Phi) is 4.44. The normalized spacial score (nSPS) is 21.3. The number of methoxy groups -OCH3 is 1. The number of hydrogen-bond acceptors (Lipinski definition) is 5. The van der Waals surface area contributed by atoms with Gasteiger partial charge in [-0.15, -0.1) is 0 Å². The van der Waals surface area contributed by atoms with Crippen LogP contribution < -0.4 is 15.4 Å². The zero-order chi connectivity index (χ0) is 14.7. The average molecular weight is 279 g/mol. The third-order valence-electron chi connectivity index (χ3n) is 3.52. The maximum Gasteiger partial charge on any atom is 0.414 e. The molecule has 2 atom stereocenters. The molecule has 1 aromatic heterocycles. The maximum atomic E-state index is 12.2. The first kappa shape index (κ1) is 14.6. The van der Waals surface area contributed by atoms with E-state index in [9.17, 15) is 4.79 Å². The van der Waals surface area contributed by atoms with Crippen LogP contribution in [-0.2, 0) is 4.74 Å². The molecule has 2 rings (SSSR count). The van der Waals surface area contributed by atoms with Crippen molar-refractivity contribution in [1.82, 2.24) is 4.98 Å². The predicted molar refractivity (Wildman–Crippen MR) is 75.9 cm³/mol. The second-order valence-corrected chi connectivity index (χ2v) is 4.73. The van der Waals surface area contributed by atoms with Crippen molar-refractivity contribution in [1.29, 1.82) is 0 Å². The number of nitrogens with two attached hydrogens (primary N) is 1. The number of fused-ring (bicyclic) bond motifs is 1. The molecule has 6 nitrogen and oxygen atoms in total. The third kappa shape index (κ3) is 2.56. The largest absolute Gasteiger partial charge is 0.481 e. The van der Waals surface area contributed by atoms with Crippen molar-refractivity contribution in [3.8, 4) is 5.88 Å². The fourth-order valence-electron chi connectivity index (χ4n) is 2.54. The Hall–Kier alpha value is -1.82. The number of amides is 1. The van der Waals surface area contributed by atoms with Crippen LogP contribution >= 0.6 is 0 Å². The number of rotatable bonds is 3. The molecule has 0 bridgehead atoms. The number of nitrogens with zero attached hydrogens (tertiary/aromatic N) is 2. The standard InChI is InChI=1S/C14H21N3O3/c1-4-9-8-10(15)13-11(6-7-12(16-13)19-3)17(9)14(18)20-5-2/h6-7,9-10H,4-5,8,15H2,1-3H3/t9?,10-/m0/s1. The third-order valence-corrected chi connectivity index (χ3v) is 3.52. The molecule has 110 valence electrons. The highest BCUT2D eigenvalue weighted by molar-refractivity contribution is 5.90. The summed E-state index contributed by atoms with van der Waals surface area (Å²) in [6.07, 6.45) is 1.14. The van der Waals surface area contributed by atoms with Gasteiger partial charge < -0.3 is 15.2 Å². The highest BCUT2D eigenvalue weighted by Crippen LogP contribution is 2.37. The number of carbonyl (C=O) groups excluding carboxylic acids is 1. The lowest BCUT2D eigenvalue weighted by molar-refractivity contribution is 0.155. The highest BCUT2D eigenvalue weighted by Gasteiger charge is 2.35. The summed E-state index contributed by atoms with van der Waals surface area (Å²) in [7, 11) is 1.56. The molecule has 1 aromatic rings. The SMILES string of the molecule is CCOC(=O)N1c2ccc(OC)nc2[C@@H](N)CC1CC. The van der Waals surface area contributed by atoms with Crippen molar-refractivity contribution in [3.05, 3.63) is 17.8 Å². The topological polar surface area (TPSA) is 77.7 Å². The monoisotopic (exact) mass is 279 g/mol. The Morgan fingerprint density at radius 2 is 2.25 bits per heavy atom. The van der Waals surface area contributed by atoms with E-state index in [-0.39, 0.29) is 18.2 Å². The summed E-state index contributed by atoms with van der Waals surface area (Å²) in [4.78, 5) is 18.2. The van der Waals surface area contributed by atoms with E-state index in [1.54, 1.807) is 25.0 Å². The quantitative estimate of drug-likeness (QED) is 0.918. The summed E-state index contributed by atoms with van der Waals surface area (Å²) in [5.74, 6) is 0.498. The Morgan fingerprint density at radius 3 is 2.85 bits per heavy atom. The van der Waals surface area contributed by atoms with Crippen molar-refractivity contribution in [2.24, 2.45) is 5.73 Å². The lowest BCUT2D eigenvalue weighted by atomic mass is 9.94. The molecule has 1 aliphatic heterocycles. The van der Waals surface area contributed by atoms with Gasteiger partial charge in [-0.25, -0.2) is 9.78 Å². The predicted octanol–water partition coefficient (Wildman–Crippen LogP) is 2.24. The number of ether oxygens (including phenoxy) is 2. The van der Waals surface area contributed by atoms with Gasteiger partial charge in [-0.3, -0.25) is 4.90 Å². The number of carbonyl (C=O) groups is 1. The van der Waals surface area contributed by atoms with Crippen molar-refractivity contribution in [2.45, 2.75) is 38.8 Å². The van der Waals surface area contributed by atoms with E-state index >= 15 is 0 Å². The highest BCUT2D eigenvalue weighted by atomic mass is 16.6. The Balaban J connectivity index is 2.44. The van der Waals surface area contributed by atoms with Crippen molar-refractivity contribution < 1.29 is 14.3 Å². The molecule has 2 N–H and O–H groups in total. The molecular weight excluding hydrogens is 258 g/mol. The van der Waals surface area contributed by atoms with Crippen LogP contribution in [0.25, 0.3) is 0 Å². The van der Waals surface area contributed by atoms with E-state index in [0.29, 0.717) is 24.6 Å². The fraction of sp³-hybridized carbons (Fsp3) is 0.571. The van der Waals surface area contributed by atoms with E-state index < -0.39 is 0 Å². The van der Waals surface area contributed by atoms with Crippen LogP contribution in [0.4, 0.5) is 10.5 Å². The van der Waals surface area contributed by atoms with E-state index in [1.807, 2.05) is 13.0 Å². The Bertz CT molecular complexity index is 493. The van der Waals surface area contributed by atoms with Gasteiger partial charge in [-0.05, 0) is 25.8 Å². The van der Waals surface area contributed by atoms with Crippen LogP contribution in [0, 0.1) is 0 Å². The smallest absolute Gasteiger partial charge is 0.414 e. The molecule has 0 aliphatic carbocycles. The van der Waals surface area contributed by atoms with Crippen LogP contribution in [-0.4, -0.2) is 30.8 Å². The van der Waals surface area contributed by atoms with Gasteiger partial charge in [0.05, 0.1) is 31.1 Å². The molecule has 0 spiro atoms. The summed E-state index contributed by atoms with van der Waals surface area (Å²) in [6, 6.07) is 3.39. The van der Waals surface area contributed by atoms with Gasteiger partial charge in [0.2, 0.25) is 5.88 Å². The molecule has 20 heavy (non-hydrogen) atoms. The van der Waals surface area contributed by atoms with Crippen LogP contribution in [0.1, 0.15) is 38.4 Å². The number of anilines is 1. The number of aromatic nitrogens is 1. The van der Waals surface area contributed by atoms with Crippen molar-refractivity contribution in [2.75, 3.05) is 18.6 Å². The lowest BCUT2D eigenvalue weighted by Crippen LogP contribution is -2.46. The van der Waals surface area contributed by atoms with E-state index in [1.165, 1.54) is 0 Å². The minimum atomic E-state index is -0.348. The minimum Gasteiger partial charge on any atom is -0.481 e. The molecule has 1 amide bonds. The maximum absolute atomic E-state index is 12.2. The van der Waals surface area contributed by atoms with E-state index in [0.717, 1.165) is 12.1 Å². The minimum absolute atomic E-state index is 0.0340. The van der Waals surface area contributed by atoms with E-state index in [4.69, 9.17) is 15.2 Å². The molecular formula is C14H21N3O3. The van der Waals surface area contributed by atoms with Gasteiger partial charge >= 0.3 is 6.09 Å². The van der Waals surface area contributed by atoms with Crippen LogP contribution in [0.2, 0.25) is 0 Å². The van der Waals surface area contributed by atoms with Gasteiger partial charge in [0.1, 0.15) is 0 Å². The molecule has 0 fully saturated rings. The molecule has 2 heterocycles. The Morgan fingerprint density at radius 1 is 1.50 bits per heavy atom. The zero-order valence-electron chi connectivity index (χ0n) is 12.1. The molecule has 0 saturated carbocycles. The fourth-order valence-corrected chi connectivity index (χ4v) is 2.54. The van der Waals surface area contributed by atoms with Crippen LogP contribution in [0.5, 0.6) is 5.88 Å². The van der Waals surface area contributed by atoms with Crippen molar-refractivity contribution >= 4 is 11.8 Å². The first-order valence-electron chi connectivity index (χ1n) is 6.88. The van der Waals surface area contributed by atoms with Crippen molar-refractivity contribution in [3.63, 3.8) is 0 Å². The molecule has 0 radical (unpaired) electrons. The second-order valence-electron chi connectivity index (χ2n) is 4.73. The summed E-state index contributed by atoms with van der Waals surface area (Å²) < 4.78 is 10.3. The molecule has 0 aromatic carbocycles. The number of pyridine rings is 1. The zero-order valence-corrected chi connectivity index (χ0v) is 12.1. The lowest BCUT2D eigenvalue weighted by Gasteiger charge is -2.37. The van der Waals surface area contributed by atoms with Gasteiger partial charge in [0, 0.05) is 12.1 Å². The van der Waals surface area contributed by atoms with Crippen LogP contribution in [0.15, 0.2) is 12.1 Å². The van der Waals surface area contributed by atoms with Crippen LogP contribution in [0.3, 0.4) is 0 Å². The average Bonchev–Trinajstić information content (AvgIpc) is 2.46. The van der Waals surface area contributed by atoms with E-state index in [2.05, 4.69) is 4.98 Å². The number of hydrogen-bond donors (Lipinski definition) is 1. The van der Waals surface area contributed by atoms with Gasteiger partial charge in [0.25, 0.3) is 0 Å². The first-order valence-corrected chi connectivity index (χ1v) is 6.88. The van der Waals surface area contributed by atoms with Gasteiger partial charge in [-0.2, -0.15) is 0 Å². The molecule has 6 heteroatoms. The summed E-state index contributed by atoms with van der Waals surface area (Å²) in [6.45, 7) is 4.17. The second kappa shape index (κ2) is 6.09. The molecule has 1 unspecified atom stereocenters. The summed E-state index contributed by atoms with van der Waals surface area (Å²) in [5, 5.41) is 0. The summed E-state index contributed by atoms with van der Waals surface area (Å²) in [5.41, 5.74) is 7.58. The first-order chi connectivity index (χ1) is 9.62. The molecule has 0 saturated heterocycles.